The normalized spacial score (nSPS) is 17.1. The van der Waals surface area contributed by atoms with Crippen molar-refractivity contribution in [2.75, 3.05) is 11.5 Å². The first kappa shape index (κ1) is 25.7. The standard InChI is InChI=1S/C31H30N2O4/c1-6-37-25-16-13-21(17-24(25)31(3,4)5)28(34)26-27(23-10-8-7-9-19(23)2)33(30(36)29(26)35)22-14-11-20(18-32)12-15-22/h7-17,27,34H,6H2,1-5H3/b28-26+. The molecule has 1 amide bonds. The number of hydrogen-bond donors (Lipinski definition) is 1. The summed E-state index contributed by atoms with van der Waals surface area (Å²) in [5.41, 5.74) is 3.57. The minimum absolute atomic E-state index is 0.0210. The molecule has 0 spiro atoms. The van der Waals surface area contributed by atoms with Crippen LogP contribution in [0.1, 0.15) is 61.6 Å². The predicted molar refractivity (Wildman–Crippen MR) is 143 cm³/mol. The molecule has 6 heteroatoms. The summed E-state index contributed by atoms with van der Waals surface area (Å²) >= 11 is 0. The smallest absolute Gasteiger partial charge is 0.300 e. The predicted octanol–water partition coefficient (Wildman–Crippen LogP) is 6.19. The van der Waals surface area contributed by atoms with E-state index >= 15 is 0 Å². The van der Waals surface area contributed by atoms with Gasteiger partial charge in [0.05, 0.1) is 29.9 Å². The molecule has 1 fully saturated rings. The van der Waals surface area contributed by atoms with Crippen LogP contribution in [-0.2, 0) is 15.0 Å². The maximum absolute atomic E-state index is 13.5. The van der Waals surface area contributed by atoms with Crippen LogP contribution in [0.2, 0.25) is 0 Å². The third-order valence-electron chi connectivity index (χ3n) is 6.56. The maximum atomic E-state index is 13.5. The van der Waals surface area contributed by atoms with Crippen LogP contribution in [0.15, 0.2) is 72.3 Å². The van der Waals surface area contributed by atoms with Crippen molar-refractivity contribution in [3.05, 3.63) is 100 Å². The van der Waals surface area contributed by atoms with E-state index in [0.29, 0.717) is 29.2 Å². The molecular weight excluding hydrogens is 464 g/mol. The first-order valence-corrected chi connectivity index (χ1v) is 12.2. The van der Waals surface area contributed by atoms with E-state index in [1.54, 1.807) is 36.4 Å². The van der Waals surface area contributed by atoms with Crippen molar-refractivity contribution in [2.45, 2.75) is 46.1 Å². The second-order valence-electron chi connectivity index (χ2n) is 10.1. The van der Waals surface area contributed by atoms with E-state index in [1.165, 1.54) is 4.90 Å². The number of ketones is 1. The fourth-order valence-corrected chi connectivity index (χ4v) is 4.68. The Morgan fingerprint density at radius 3 is 2.32 bits per heavy atom. The van der Waals surface area contributed by atoms with E-state index < -0.39 is 17.7 Å². The van der Waals surface area contributed by atoms with Crippen molar-refractivity contribution in [2.24, 2.45) is 0 Å². The van der Waals surface area contributed by atoms with Crippen molar-refractivity contribution in [3.63, 3.8) is 0 Å². The lowest BCUT2D eigenvalue weighted by Gasteiger charge is -2.27. The van der Waals surface area contributed by atoms with Crippen LogP contribution in [0, 0.1) is 18.3 Å². The second kappa shape index (κ2) is 9.94. The molecule has 1 atom stereocenters. The number of ether oxygens (including phenoxy) is 1. The van der Waals surface area contributed by atoms with Gasteiger partial charge in [-0.05, 0) is 72.9 Å². The average molecular weight is 495 g/mol. The summed E-state index contributed by atoms with van der Waals surface area (Å²) in [4.78, 5) is 28.3. The number of carbonyl (C=O) groups excluding carboxylic acids is 2. The second-order valence-corrected chi connectivity index (χ2v) is 10.1. The molecule has 0 bridgehead atoms. The lowest BCUT2D eigenvalue weighted by atomic mass is 9.84. The van der Waals surface area contributed by atoms with Crippen LogP contribution in [0.3, 0.4) is 0 Å². The highest BCUT2D eigenvalue weighted by molar-refractivity contribution is 6.51. The van der Waals surface area contributed by atoms with E-state index in [9.17, 15) is 20.0 Å². The number of anilines is 1. The van der Waals surface area contributed by atoms with Gasteiger partial charge in [-0.2, -0.15) is 5.26 Å². The average Bonchev–Trinajstić information content (AvgIpc) is 3.13. The van der Waals surface area contributed by atoms with E-state index in [2.05, 4.69) is 6.07 Å². The van der Waals surface area contributed by atoms with E-state index in [4.69, 9.17) is 4.74 Å². The van der Waals surface area contributed by atoms with Crippen molar-refractivity contribution >= 4 is 23.1 Å². The topological polar surface area (TPSA) is 90.6 Å². The number of hydrogen-bond acceptors (Lipinski definition) is 5. The Morgan fingerprint density at radius 1 is 1.05 bits per heavy atom. The van der Waals surface area contributed by atoms with Crippen LogP contribution in [0.4, 0.5) is 5.69 Å². The van der Waals surface area contributed by atoms with Crippen LogP contribution in [-0.4, -0.2) is 23.4 Å². The van der Waals surface area contributed by atoms with Crippen molar-refractivity contribution in [1.82, 2.24) is 0 Å². The SMILES string of the molecule is CCOc1ccc(/C(O)=C2\C(=O)C(=O)N(c3ccc(C#N)cc3)C2c2ccccc2C)cc1C(C)(C)C. The van der Waals surface area contributed by atoms with Crippen molar-refractivity contribution in [1.29, 1.82) is 5.26 Å². The number of carbonyl (C=O) groups is 2. The summed E-state index contributed by atoms with van der Waals surface area (Å²) in [6, 6.07) is 20.5. The molecule has 1 N–H and O–H groups in total. The zero-order valence-corrected chi connectivity index (χ0v) is 21.7. The number of aryl methyl sites for hydroxylation is 1. The third-order valence-corrected chi connectivity index (χ3v) is 6.56. The molecule has 1 aliphatic heterocycles. The highest BCUT2D eigenvalue weighted by atomic mass is 16.5. The molecule has 0 aromatic heterocycles. The number of nitriles is 1. The molecule has 0 aliphatic carbocycles. The molecule has 0 saturated carbocycles. The van der Waals surface area contributed by atoms with Gasteiger partial charge in [0.1, 0.15) is 11.5 Å². The molecule has 6 nitrogen and oxygen atoms in total. The molecule has 4 rings (SSSR count). The first-order valence-electron chi connectivity index (χ1n) is 12.2. The van der Waals surface area contributed by atoms with Gasteiger partial charge in [-0.1, -0.05) is 45.0 Å². The summed E-state index contributed by atoms with van der Waals surface area (Å²) in [6.07, 6.45) is 0. The Kier molecular flexibility index (Phi) is 6.91. The quantitative estimate of drug-likeness (QED) is 0.259. The van der Waals surface area contributed by atoms with Crippen LogP contribution in [0.5, 0.6) is 5.75 Å². The van der Waals surface area contributed by atoms with Gasteiger partial charge in [-0.25, -0.2) is 0 Å². The minimum Gasteiger partial charge on any atom is -0.507 e. The Labute approximate surface area is 217 Å². The zero-order chi connectivity index (χ0) is 26.9. The highest BCUT2D eigenvalue weighted by Crippen LogP contribution is 2.44. The number of aliphatic hydroxyl groups is 1. The van der Waals surface area contributed by atoms with Gasteiger partial charge in [0.2, 0.25) is 0 Å². The Bertz CT molecular complexity index is 1440. The van der Waals surface area contributed by atoms with Gasteiger partial charge < -0.3 is 9.84 Å². The first-order chi connectivity index (χ1) is 17.6. The molecule has 1 aliphatic rings. The number of rotatable bonds is 5. The van der Waals surface area contributed by atoms with Crippen LogP contribution >= 0.6 is 0 Å². The maximum Gasteiger partial charge on any atom is 0.300 e. The number of aliphatic hydroxyl groups excluding tert-OH is 1. The van der Waals surface area contributed by atoms with E-state index in [-0.39, 0.29) is 16.7 Å². The van der Waals surface area contributed by atoms with E-state index in [1.807, 2.05) is 65.0 Å². The van der Waals surface area contributed by atoms with Crippen molar-refractivity contribution < 1.29 is 19.4 Å². The zero-order valence-electron chi connectivity index (χ0n) is 21.7. The van der Waals surface area contributed by atoms with Crippen LogP contribution < -0.4 is 9.64 Å². The Hall–Kier alpha value is -4.37. The molecule has 37 heavy (non-hydrogen) atoms. The largest absolute Gasteiger partial charge is 0.507 e. The molecular formula is C31H30N2O4. The third kappa shape index (κ3) is 4.73. The summed E-state index contributed by atoms with van der Waals surface area (Å²) in [7, 11) is 0. The lowest BCUT2D eigenvalue weighted by molar-refractivity contribution is -0.132. The van der Waals surface area contributed by atoms with Gasteiger partial charge >= 0.3 is 0 Å². The Balaban J connectivity index is 1.96. The monoisotopic (exact) mass is 494 g/mol. The van der Waals surface area contributed by atoms with Crippen LogP contribution in [0.25, 0.3) is 5.76 Å². The van der Waals surface area contributed by atoms with Gasteiger partial charge in [-0.15, -0.1) is 0 Å². The summed E-state index contributed by atoms with van der Waals surface area (Å²) in [6.45, 7) is 10.5. The molecule has 188 valence electrons. The summed E-state index contributed by atoms with van der Waals surface area (Å²) in [5, 5.41) is 20.8. The minimum atomic E-state index is -0.834. The number of Topliss-reactive ketones (excluding diaryl/α,β-unsaturated/α-hetero) is 1. The van der Waals surface area contributed by atoms with E-state index in [0.717, 1.165) is 16.7 Å². The molecule has 1 heterocycles. The molecule has 3 aromatic carbocycles. The van der Waals surface area contributed by atoms with Crippen molar-refractivity contribution in [3.8, 4) is 11.8 Å². The number of nitrogens with zero attached hydrogens (tertiary/aromatic N) is 2. The number of amides is 1. The lowest BCUT2D eigenvalue weighted by Crippen LogP contribution is -2.29. The molecule has 0 radical (unpaired) electrons. The fourth-order valence-electron chi connectivity index (χ4n) is 4.68. The Morgan fingerprint density at radius 2 is 1.73 bits per heavy atom. The molecule has 1 saturated heterocycles. The number of benzene rings is 3. The highest BCUT2D eigenvalue weighted by Gasteiger charge is 2.47. The van der Waals surface area contributed by atoms with Gasteiger partial charge in [0.15, 0.2) is 0 Å². The summed E-state index contributed by atoms with van der Waals surface area (Å²) < 4.78 is 5.81. The molecule has 3 aromatic rings. The van der Waals surface area contributed by atoms with Gasteiger partial charge in [0.25, 0.3) is 11.7 Å². The van der Waals surface area contributed by atoms with Gasteiger partial charge in [0, 0.05) is 16.8 Å². The summed E-state index contributed by atoms with van der Waals surface area (Å²) in [5.74, 6) is -1.03. The molecule has 1 unspecified atom stereocenters. The van der Waals surface area contributed by atoms with Gasteiger partial charge in [-0.3, -0.25) is 14.5 Å². The fraction of sp³-hybridized carbons (Fsp3) is 0.258.